The molecule has 1 saturated heterocycles. The SMILES string of the molecule is Cl.Cl.O=C(N[C@H]1C[C@H]2CNC[C@H]2C[C@@H]1O)c1ccc2cccnc2n1. The van der Waals surface area contributed by atoms with E-state index in [2.05, 4.69) is 20.6 Å². The molecule has 1 amide bonds. The first-order chi connectivity index (χ1) is 11.2. The number of halogens is 2. The van der Waals surface area contributed by atoms with Crippen molar-refractivity contribution in [3.63, 3.8) is 0 Å². The summed E-state index contributed by atoms with van der Waals surface area (Å²) in [5.41, 5.74) is 0.902. The van der Waals surface area contributed by atoms with Crippen LogP contribution in [0.15, 0.2) is 30.5 Å². The van der Waals surface area contributed by atoms with E-state index in [-0.39, 0.29) is 36.8 Å². The van der Waals surface area contributed by atoms with Gasteiger partial charge in [0.05, 0.1) is 12.1 Å². The van der Waals surface area contributed by atoms with Gasteiger partial charge in [0.2, 0.25) is 0 Å². The largest absolute Gasteiger partial charge is 0.391 e. The Bertz CT molecular complexity index is 745. The number of hydrogen-bond donors (Lipinski definition) is 3. The highest BCUT2D eigenvalue weighted by atomic mass is 35.5. The second kappa shape index (κ2) is 8.27. The molecule has 8 heteroatoms. The summed E-state index contributed by atoms with van der Waals surface area (Å²) in [6.07, 6.45) is 2.74. The highest BCUT2D eigenvalue weighted by Gasteiger charge is 2.39. The van der Waals surface area contributed by atoms with Crippen LogP contribution in [0, 0.1) is 11.8 Å². The standard InChI is InChI=1S/C17H20N4O2.2ClH/c22-15-7-12-9-18-8-11(12)6-14(15)21-17(23)13-4-3-10-2-1-5-19-16(10)20-13;;/h1-5,11-12,14-15,18,22H,6-9H2,(H,21,23);2*1H/t11-,12+,14-,15-;;/m0../s1. The van der Waals surface area contributed by atoms with Gasteiger partial charge in [0, 0.05) is 11.6 Å². The van der Waals surface area contributed by atoms with Crippen molar-refractivity contribution in [2.75, 3.05) is 13.1 Å². The van der Waals surface area contributed by atoms with Crippen molar-refractivity contribution in [2.24, 2.45) is 11.8 Å². The van der Waals surface area contributed by atoms with E-state index >= 15 is 0 Å². The number of nitrogens with one attached hydrogen (secondary N) is 2. The second-order valence-electron chi connectivity index (χ2n) is 6.54. The quantitative estimate of drug-likeness (QED) is 0.731. The first-order valence-corrected chi connectivity index (χ1v) is 8.12. The monoisotopic (exact) mass is 384 g/mol. The van der Waals surface area contributed by atoms with E-state index in [1.54, 1.807) is 12.3 Å². The third-order valence-electron chi connectivity index (χ3n) is 5.06. The second-order valence-corrected chi connectivity index (χ2v) is 6.54. The van der Waals surface area contributed by atoms with E-state index in [0.717, 1.165) is 31.3 Å². The van der Waals surface area contributed by atoms with E-state index in [1.165, 1.54) is 0 Å². The van der Waals surface area contributed by atoms with Crippen molar-refractivity contribution in [3.05, 3.63) is 36.2 Å². The molecule has 1 saturated carbocycles. The van der Waals surface area contributed by atoms with Crippen molar-refractivity contribution in [1.29, 1.82) is 0 Å². The van der Waals surface area contributed by atoms with Crippen LogP contribution in [0.2, 0.25) is 0 Å². The maximum absolute atomic E-state index is 12.5. The Balaban J connectivity index is 0.00000113. The van der Waals surface area contributed by atoms with E-state index in [4.69, 9.17) is 0 Å². The van der Waals surface area contributed by atoms with Gasteiger partial charge in [0.1, 0.15) is 5.69 Å². The highest BCUT2D eigenvalue weighted by molar-refractivity contribution is 5.94. The minimum atomic E-state index is -0.487. The maximum Gasteiger partial charge on any atom is 0.270 e. The lowest BCUT2D eigenvalue weighted by molar-refractivity contribution is 0.0460. The third-order valence-corrected chi connectivity index (χ3v) is 5.06. The smallest absolute Gasteiger partial charge is 0.270 e. The Kier molecular flexibility index (Phi) is 6.57. The Labute approximate surface area is 158 Å². The molecule has 6 nitrogen and oxygen atoms in total. The zero-order valence-corrected chi connectivity index (χ0v) is 15.2. The van der Waals surface area contributed by atoms with Crippen LogP contribution in [0.1, 0.15) is 23.3 Å². The molecule has 2 aromatic heterocycles. The summed E-state index contributed by atoms with van der Waals surface area (Å²) >= 11 is 0. The van der Waals surface area contributed by atoms with Crippen LogP contribution in [0.25, 0.3) is 11.0 Å². The van der Waals surface area contributed by atoms with E-state index in [0.29, 0.717) is 23.2 Å². The van der Waals surface area contributed by atoms with Gasteiger partial charge < -0.3 is 15.7 Å². The Morgan fingerprint density at radius 1 is 1.16 bits per heavy atom. The van der Waals surface area contributed by atoms with Crippen LogP contribution < -0.4 is 10.6 Å². The molecule has 4 rings (SSSR count). The first-order valence-electron chi connectivity index (χ1n) is 8.12. The summed E-state index contributed by atoms with van der Waals surface area (Å²) < 4.78 is 0. The van der Waals surface area contributed by atoms with Crippen LogP contribution in [0.5, 0.6) is 0 Å². The van der Waals surface area contributed by atoms with E-state index in [1.807, 2.05) is 18.2 Å². The van der Waals surface area contributed by atoms with Crippen molar-refractivity contribution >= 4 is 41.8 Å². The van der Waals surface area contributed by atoms with Crippen molar-refractivity contribution in [3.8, 4) is 0 Å². The number of pyridine rings is 2. The predicted octanol–water partition coefficient (Wildman–Crippen LogP) is 1.56. The molecule has 0 bridgehead atoms. The average molecular weight is 385 g/mol. The molecule has 0 spiro atoms. The third kappa shape index (κ3) is 4.03. The summed E-state index contributed by atoms with van der Waals surface area (Å²) in [6, 6.07) is 7.10. The summed E-state index contributed by atoms with van der Waals surface area (Å²) in [6.45, 7) is 1.95. The van der Waals surface area contributed by atoms with Gasteiger partial charge in [-0.1, -0.05) is 0 Å². The van der Waals surface area contributed by atoms with E-state index < -0.39 is 6.10 Å². The van der Waals surface area contributed by atoms with Gasteiger partial charge in [-0.25, -0.2) is 9.97 Å². The fraction of sp³-hybridized carbons (Fsp3) is 0.471. The first kappa shape index (κ1) is 19.8. The number of hydrogen-bond acceptors (Lipinski definition) is 5. The van der Waals surface area contributed by atoms with Gasteiger partial charge in [-0.2, -0.15) is 0 Å². The molecule has 3 heterocycles. The normalized spacial score (nSPS) is 27.7. The van der Waals surface area contributed by atoms with Crippen molar-refractivity contribution < 1.29 is 9.90 Å². The number of rotatable bonds is 2. The van der Waals surface area contributed by atoms with E-state index in [9.17, 15) is 9.90 Å². The summed E-state index contributed by atoms with van der Waals surface area (Å²) in [4.78, 5) is 21.0. The number of aromatic nitrogens is 2. The summed E-state index contributed by atoms with van der Waals surface area (Å²) in [5, 5.41) is 17.5. The number of amides is 1. The van der Waals surface area contributed by atoms with Crippen LogP contribution in [-0.2, 0) is 0 Å². The lowest BCUT2D eigenvalue weighted by Gasteiger charge is -2.35. The van der Waals surface area contributed by atoms with Crippen LogP contribution in [0.3, 0.4) is 0 Å². The Morgan fingerprint density at radius 3 is 2.72 bits per heavy atom. The number of aliphatic hydroxyl groups is 1. The number of carbonyl (C=O) groups excluding carboxylic acids is 1. The number of nitrogens with zero attached hydrogens (tertiary/aromatic N) is 2. The zero-order chi connectivity index (χ0) is 15.8. The zero-order valence-electron chi connectivity index (χ0n) is 13.6. The lowest BCUT2D eigenvalue weighted by Crippen LogP contribution is -2.49. The van der Waals surface area contributed by atoms with Crippen LogP contribution >= 0.6 is 24.8 Å². The molecule has 1 aliphatic carbocycles. The molecular formula is C17H22Cl2N4O2. The van der Waals surface area contributed by atoms with Crippen molar-refractivity contribution in [1.82, 2.24) is 20.6 Å². The van der Waals surface area contributed by atoms with Crippen LogP contribution in [0.4, 0.5) is 0 Å². The molecule has 0 unspecified atom stereocenters. The lowest BCUT2D eigenvalue weighted by atomic mass is 9.77. The Hall–Kier alpha value is -1.47. The molecule has 2 fully saturated rings. The fourth-order valence-electron chi connectivity index (χ4n) is 3.77. The summed E-state index contributed by atoms with van der Waals surface area (Å²) in [7, 11) is 0. The van der Waals surface area contributed by atoms with Gasteiger partial charge in [-0.3, -0.25) is 4.79 Å². The topological polar surface area (TPSA) is 87.1 Å². The molecule has 0 aromatic carbocycles. The molecule has 25 heavy (non-hydrogen) atoms. The number of fused-ring (bicyclic) bond motifs is 2. The molecule has 3 N–H and O–H groups in total. The Morgan fingerprint density at radius 2 is 1.92 bits per heavy atom. The van der Waals surface area contributed by atoms with Gasteiger partial charge in [-0.05, 0) is 62.0 Å². The average Bonchev–Trinajstić information content (AvgIpc) is 3.01. The minimum absolute atomic E-state index is 0. The number of carbonyl (C=O) groups is 1. The van der Waals surface area contributed by atoms with Gasteiger partial charge in [0.25, 0.3) is 5.91 Å². The molecule has 1 aliphatic heterocycles. The molecule has 2 aromatic rings. The van der Waals surface area contributed by atoms with Gasteiger partial charge >= 0.3 is 0 Å². The molecular weight excluding hydrogens is 363 g/mol. The highest BCUT2D eigenvalue weighted by Crippen LogP contribution is 2.33. The van der Waals surface area contributed by atoms with Crippen molar-refractivity contribution in [2.45, 2.75) is 25.0 Å². The summed E-state index contributed by atoms with van der Waals surface area (Å²) in [5.74, 6) is 0.821. The molecule has 4 atom stereocenters. The van der Waals surface area contributed by atoms with Gasteiger partial charge in [0.15, 0.2) is 5.65 Å². The number of aliphatic hydroxyl groups excluding tert-OH is 1. The minimum Gasteiger partial charge on any atom is -0.391 e. The predicted molar refractivity (Wildman–Crippen MR) is 100 cm³/mol. The van der Waals surface area contributed by atoms with Crippen LogP contribution in [-0.4, -0.2) is 46.2 Å². The molecule has 136 valence electrons. The fourth-order valence-corrected chi connectivity index (χ4v) is 3.77. The maximum atomic E-state index is 12.5. The molecule has 2 aliphatic rings. The molecule has 0 radical (unpaired) electrons. The van der Waals surface area contributed by atoms with Gasteiger partial charge in [-0.15, -0.1) is 24.8 Å².